The third kappa shape index (κ3) is 6.13. The zero-order valence-corrected chi connectivity index (χ0v) is 15.3. The molecule has 0 aromatic heterocycles. The Kier molecular flexibility index (Phi) is 6.38. The first-order chi connectivity index (χ1) is 13.2. The summed E-state index contributed by atoms with van der Waals surface area (Å²) in [5.74, 6) is 0.312. The number of carbonyl (C=O) groups is 1. The number of anilines is 3. The van der Waals surface area contributed by atoms with E-state index in [-0.39, 0.29) is 17.6 Å². The largest absolute Gasteiger partial charge is 0.484 e. The van der Waals surface area contributed by atoms with Gasteiger partial charge in [0.1, 0.15) is 5.75 Å². The summed E-state index contributed by atoms with van der Waals surface area (Å²) in [5, 5.41) is 9.10. The van der Waals surface area contributed by atoms with Crippen molar-refractivity contribution in [2.24, 2.45) is 0 Å². The summed E-state index contributed by atoms with van der Waals surface area (Å²) in [5.41, 5.74) is 2.75. The molecule has 5 nitrogen and oxygen atoms in total. The fourth-order valence-electron chi connectivity index (χ4n) is 2.32. The van der Waals surface area contributed by atoms with Gasteiger partial charge in [0.05, 0.1) is 0 Å². The number of benzene rings is 3. The fraction of sp³-hybridized carbons (Fsp3) is 0.0476. The minimum atomic E-state index is -0.321. The predicted octanol–water partition coefficient (Wildman–Crippen LogP) is 4.32. The van der Waals surface area contributed by atoms with Gasteiger partial charge in [-0.1, -0.05) is 36.4 Å². The van der Waals surface area contributed by atoms with Crippen LogP contribution in [0.3, 0.4) is 0 Å². The third-order valence-electron chi connectivity index (χ3n) is 3.57. The molecule has 0 unspecified atom stereocenters. The van der Waals surface area contributed by atoms with Crippen molar-refractivity contribution < 1.29 is 9.53 Å². The van der Waals surface area contributed by atoms with E-state index in [4.69, 9.17) is 17.0 Å². The van der Waals surface area contributed by atoms with Crippen LogP contribution in [0.4, 0.5) is 17.1 Å². The van der Waals surface area contributed by atoms with E-state index in [2.05, 4.69) is 16.0 Å². The summed E-state index contributed by atoms with van der Waals surface area (Å²) in [6, 6.07) is 26.7. The van der Waals surface area contributed by atoms with Crippen molar-refractivity contribution >= 4 is 40.3 Å². The molecule has 0 aliphatic carbocycles. The quantitative estimate of drug-likeness (QED) is 0.559. The van der Waals surface area contributed by atoms with Gasteiger partial charge in [-0.25, -0.2) is 0 Å². The van der Waals surface area contributed by atoms with Crippen LogP contribution < -0.4 is 20.7 Å². The maximum atomic E-state index is 11.9. The molecule has 0 fully saturated rings. The van der Waals surface area contributed by atoms with Crippen LogP contribution in [0.1, 0.15) is 0 Å². The van der Waals surface area contributed by atoms with Crippen LogP contribution in [0.25, 0.3) is 0 Å². The molecule has 1 amide bonds. The van der Waals surface area contributed by atoms with Gasteiger partial charge in [-0.15, -0.1) is 0 Å². The number of rotatable bonds is 6. The van der Waals surface area contributed by atoms with Crippen molar-refractivity contribution in [2.45, 2.75) is 0 Å². The second-order valence-electron chi connectivity index (χ2n) is 5.67. The van der Waals surface area contributed by atoms with Gasteiger partial charge in [-0.05, 0) is 60.7 Å². The van der Waals surface area contributed by atoms with E-state index in [1.54, 1.807) is 12.1 Å². The van der Waals surface area contributed by atoms with Gasteiger partial charge in [0.2, 0.25) is 0 Å². The molecule has 3 aromatic carbocycles. The molecule has 0 spiro atoms. The molecule has 0 saturated carbocycles. The molecule has 0 heterocycles. The van der Waals surface area contributed by atoms with Gasteiger partial charge in [0.25, 0.3) is 5.91 Å². The zero-order chi connectivity index (χ0) is 18.9. The molecule has 136 valence electrons. The maximum Gasteiger partial charge on any atom is 0.264 e. The molecule has 3 N–H and O–H groups in total. The molecule has 0 radical (unpaired) electrons. The molecular weight excluding hydrogens is 358 g/mol. The van der Waals surface area contributed by atoms with Crippen LogP contribution in [-0.2, 0) is 4.79 Å². The standard InChI is InChI=1S/C21H19N3O2S/c25-20(15-26-19-9-5-2-6-10-19)24-21(27)23-18-13-11-17(12-14-18)22-16-7-3-1-4-8-16/h1-14,22H,15H2,(H2,23,24,25,27). The molecule has 6 heteroatoms. The SMILES string of the molecule is O=C(COc1ccccc1)NC(=S)Nc1ccc(Nc2ccccc2)cc1. The number of carbonyl (C=O) groups excluding carboxylic acids is 1. The Morgan fingerprint density at radius 1 is 0.778 bits per heavy atom. The lowest BCUT2D eigenvalue weighted by Crippen LogP contribution is -2.37. The van der Waals surface area contributed by atoms with Crippen molar-refractivity contribution in [3.63, 3.8) is 0 Å². The smallest absolute Gasteiger partial charge is 0.264 e. The van der Waals surface area contributed by atoms with E-state index in [9.17, 15) is 4.79 Å². The van der Waals surface area contributed by atoms with Crippen LogP contribution in [0.5, 0.6) is 5.75 Å². The highest BCUT2D eigenvalue weighted by Gasteiger charge is 2.06. The maximum absolute atomic E-state index is 11.9. The lowest BCUT2D eigenvalue weighted by molar-refractivity contribution is -0.121. The summed E-state index contributed by atoms with van der Waals surface area (Å²) >= 11 is 5.17. The Balaban J connectivity index is 1.45. The molecule has 3 aromatic rings. The first-order valence-corrected chi connectivity index (χ1v) is 8.81. The highest BCUT2D eigenvalue weighted by Crippen LogP contribution is 2.18. The second kappa shape index (κ2) is 9.35. The van der Waals surface area contributed by atoms with Crippen LogP contribution >= 0.6 is 12.2 Å². The Labute approximate surface area is 163 Å². The van der Waals surface area contributed by atoms with Crippen molar-refractivity contribution in [3.05, 3.63) is 84.9 Å². The van der Waals surface area contributed by atoms with Gasteiger partial charge in [0.15, 0.2) is 11.7 Å². The highest BCUT2D eigenvalue weighted by molar-refractivity contribution is 7.80. The lowest BCUT2D eigenvalue weighted by Gasteiger charge is -2.11. The Morgan fingerprint density at radius 3 is 2.00 bits per heavy atom. The molecule has 3 rings (SSSR count). The van der Waals surface area contributed by atoms with Gasteiger partial charge in [0, 0.05) is 17.1 Å². The van der Waals surface area contributed by atoms with E-state index in [0.717, 1.165) is 17.1 Å². The normalized spacial score (nSPS) is 9.93. The first kappa shape index (κ1) is 18.4. The Morgan fingerprint density at radius 2 is 1.33 bits per heavy atom. The van der Waals surface area contributed by atoms with Crippen LogP contribution in [0, 0.1) is 0 Å². The van der Waals surface area contributed by atoms with Gasteiger partial charge in [-0.2, -0.15) is 0 Å². The summed E-state index contributed by atoms with van der Waals surface area (Å²) in [4.78, 5) is 11.9. The van der Waals surface area contributed by atoms with Crippen LogP contribution in [-0.4, -0.2) is 17.6 Å². The van der Waals surface area contributed by atoms with Crippen LogP contribution in [0.2, 0.25) is 0 Å². The van der Waals surface area contributed by atoms with E-state index >= 15 is 0 Å². The Hall–Kier alpha value is -3.38. The summed E-state index contributed by atoms with van der Waals surface area (Å²) in [6.07, 6.45) is 0. The monoisotopic (exact) mass is 377 g/mol. The molecule has 27 heavy (non-hydrogen) atoms. The number of hydrogen-bond acceptors (Lipinski definition) is 4. The summed E-state index contributed by atoms with van der Waals surface area (Å²) in [7, 11) is 0. The number of nitrogens with one attached hydrogen (secondary N) is 3. The molecule has 0 bridgehead atoms. The average molecular weight is 377 g/mol. The Bertz CT molecular complexity index is 884. The fourth-order valence-corrected chi connectivity index (χ4v) is 2.55. The molecular formula is C21H19N3O2S. The van der Waals surface area contributed by atoms with Crippen molar-refractivity contribution in [2.75, 3.05) is 17.2 Å². The number of thiocarbonyl (C=S) groups is 1. The van der Waals surface area contributed by atoms with Crippen molar-refractivity contribution in [1.29, 1.82) is 0 Å². The van der Waals surface area contributed by atoms with E-state index in [1.807, 2.05) is 72.8 Å². The predicted molar refractivity (Wildman–Crippen MR) is 112 cm³/mol. The third-order valence-corrected chi connectivity index (χ3v) is 3.78. The zero-order valence-electron chi connectivity index (χ0n) is 14.5. The number of ether oxygens (including phenoxy) is 1. The lowest BCUT2D eigenvalue weighted by atomic mass is 10.2. The van der Waals surface area contributed by atoms with Crippen molar-refractivity contribution in [1.82, 2.24) is 5.32 Å². The highest BCUT2D eigenvalue weighted by atomic mass is 32.1. The van der Waals surface area contributed by atoms with E-state index < -0.39 is 0 Å². The molecule has 0 atom stereocenters. The second-order valence-corrected chi connectivity index (χ2v) is 6.08. The number of amides is 1. The van der Waals surface area contributed by atoms with Gasteiger partial charge >= 0.3 is 0 Å². The van der Waals surface area contributed by atoms with Crippen LogP contribution in [0.15, 0.2) is 84.9 Å². The molecule has 0 saturated heterocycles. The topological polar surface area (TPSA) is 62.4 Å². The van der Waals surface area contributed by atoms with E-state index in [1.165, 1.54) is 0 Å². The molecule has 0 aliphatic rings. The minimum absolute atomic E-state index is 0.105. The summed E-state index contributed by atoms with van der Waals surface area (Å²) in [6.45, 7) is -0.105. The van der Waals surface area contributed by atoms with Crippen molar-refractivity contribution in [3.8, 4) is 5.75 Å². The number of para-hydroxylation sites is 2. The number of hydrogen-bond donors (Lipinski definition) is 3. The minimum Gasteiger partial charge on any atom is -0.484 e. The molecule has 0 aliphatic heterocycles. The average Bonchev–Trinajstić information content (AvgIpc) is 2.69. The van der Waals surface area contributed by atoms with E-state index in [0.29, 0.717) is 5.75 Å². The van der Waals surface area contributed by atoms with Gasteiger partial charge < -0.3 is 15.4 Å². The van der Waals surface area contributed by atoms with Gasteiger partial charge in [-0.3, -0.25) is 10.1 Å². The first-order valence-electron chi connectivity index (χ1n) is 8.40. The summed E-state index contributed by atoms with van der Waals surface area (Å²) < 4.78 is 5.38.